The molecule has 5 nitrogen and oxygen atoms in total. The first-order valence-electron chi connectivity index (χ1n) is 7.97. The Morgan fingerprint density at radius 1 is 1.00 bits per heavy atom. The maximum atomic E-state index is 12.4. The molecule has 0 fully saturated rings. The molecule has 1 heterocycles. The lowest BCUT2D eigenvalue weighted by Crippen LogP contribution is -2.18. The zero-order valence-corrected chi connectivity index (χ0v) is 14.9. The number of hydrogen-bond acceptors (Lipinski definition) is 4. The Kier molecular flexibility index (Phi) is 5.56. The van der Waals surface area contributed by atoms with E-state index in [2.05, 4.69) is 15.8 Å². The predicted octanol–water partition coefficient (Wildman–Crippen LogP) is 4.07. The van der Waals surface area contributed by atoms with E-state index < -0.39 is 0 Å². The Hall–Kier alpha value is -3.25. The summed E-state index contributed by atoms with van der Waals surface area (Å²) in [4.78, 5) is 25.5. The van der Waals surface area contributed by atoms with Crippen molar-refractivity contribution in [3.8, 4) is 0 Å². The maximum absolute atomic E-state index is 12.4. The molecule has 2 aromatic carbocycles. The topological polar surface area (TPSA) is 70.6 Å². The van der Waals surface area contributed by atoms with Gasteiger partial charge in [0.15, 0.2) is 0 Å². The second-order valence-electron chi connectivity index (χ2n) is 5.56. The zero-order valence-electron chi connectivity index (χ0n) is 14.1. The molecule has 1 aromatic heterocycles. The van der Waals surface area contributed by atoms with Crippen LogP contribution < -0.4 is 10.7 Å². The van der Waals surface area contributed by atoms with Crippen molar-refractivity contribution in [1.29, 1.82) is 0 Å². The summed E-state index contributed by atoms with van der Waals surface area (Å²) in [7, 11) is 0. The van der Waals surface area contributed by atoms with Crippen molar-refractivity contribution >= 4 is 35.1 Å². The van der Waals surface area contributed by atoms with Crippen LogP contribution in [0.15, 0.2) is 71.1 Å². The fourth-order valence-corrected chi connectivity index (χ4v) is 2.93. The van der Waals surface area contributed by atoms with Crippen molar-refractivity contribution in [3.05, 3.63) is 87.6 Å². The zero-order chi connectivity index (χ0) is 18.4. The predicted molar refractivity (Wildman–Crippen MR) is 105 cm³/mol. The molecule has 2 amide bonds. The number of amides is 2. The number of aryl methyl sites for hydroxylation is 1. The van der Waals surface area contributed by atoms with Gasteiger partial charge in [0.2, 0.25) is 0 Å². The molecular weight excluding hydrogens is 346 g/mol. The quantitative estimate of drug-likeness (QED) is 0.530. The molecule has 6 heteroatoms. The van der Waals surface area contributed by atoms with Crippen LogP contribution in [0.25, 0.3) is 0 Å². The van der Waals surface area contributed by atoms with Gasteiger partial charge in [0.05, 0.1) is 6.21 Å². The molecule has 0 atom stereocenters. The maximum Gasteiger partial charge on any atom is 0.271 e. The van der Waals surface area contributed by atoms with Gasteiger partial charge >= 0.3 is 0 Å². The summed E-state index contributed by atoms with van der Waals surface area (Å²) in [6, 6.07) is 17.9. The van der Waals surface area contributed by atoms with Crippen LogP contribution in [-0.2, 0) is 0 Å². The highest BCUT2D eigenvalue weighted by Crippen LogP contribution is 2.14. The van der Waals surface area contributed by atoms with Crippen LogP contribution in [0, 0.1) is 6.92 Å². The number of carbonyl (C=O) groups is 2. The van der Waals surface area contributed by atoms with Crippen LogP contribution in [0.3, 0.4) is 0 Å². The minimum Gasteiger partial charge on any atom is -0.322 e. The van der Waals surface area contributed by atoms with E-state index in [1.165, 1.54) is 11.3 Å². The third-order valence-corrected chi connectivity index (χ3v) is 4.48. The molecule has 0 aliphatic carbocycles. The summed E-state index contributed by atoms with van der Waals surface area (Å²) in [5.74, 6) is -0.554. The number of nitrogens with one attached hydrogen (secondary N) is 2. The van der Waals surface area contributed by atoms with E-state index in [1.54, 1.807) is 36.5 Å². The molecule has 2 N–H and O–H groups in total. The van der Waals surface area contributed by atoms with Gasteiger partial charge in [0.25, 0.3) is 11.8 Å². The van der Waals surface area contributed by atoms with E-state index in [0.29, 0.717) is 16.8 Å². The molecule has 26 heavy (non-hydrogen) atoms. The highest BCUT2D eigenvalue weighted by atomic mass is 32.1. The number of rotatable bonds is 5. The summed E-state index contributed by atoms with van der Waals surface area (Å²) in [5.41, 5.74) is 4.94. The highest BCUT2D eigenvalue weighted by molar-refractivity contribution is 7.11. The van der Waals surface area contributed by atoms with E-state index in [4.69, 9.17) is 0 Å². The number of thiophene rings is 1. The Morgan fingerprint density at radius 2 is 1.85 bits per heavy atom. The average Bonchev–Trinajstić information content (AvgIpc) is 3.15. The van der Waals surface area contributed by atoms with Crippen molar-refractivity contribution in [2.24, 2.45) is 5.10 Å². The van der Waals surface area contributed by atoms with E-state index in [-0.39, 0.29) is 11.8 Å². The summed E-state index contributed by atoms with van der Waals surface area (Å²) >= 11 is 1.53. The SMILES string of the molecule is Cc1ccccc1C(=O)Nc1cccc(C(=O)N/N=C\c2cccs2)c1. The van der Waals surface area contributed by atoms with Gasteiger partial charge in [-0.3, -0.25) is 9.59 Å². The van der Waals surface area contributed by atoms with Gasteiger partial charge in [-0.15, -0.1) is 11.3 Å². The normalized spacial score (nSPS) is 10.7. The minimum absolute atomic E-state index is 0.212. The third-order valence-electron chi connectivity index (χ3n) is 3.67. The molecule has 0 bridgehead atoms. The summed E-state index contributed by atoms with van der Waals surface area (Å²) < 4.78 is 0. The standard InChI is InChI=1S/C20H17N3O2S/c1-14-6-2-3-10-18(14)20(25)22-16-8-4-7-15(12-16)19(24)23-21-13-17-9-5-11-26-17/h2-13H,1H3,(H,22,25)(H,23,24)/b21-13-. The van der Waals surface area contributed by atoms with Crippen LogP contribution in [-0.4, -0.2) is 18.0 Å². The molecule has 0 radical (unpaired) electrons. The lowest BCUT2D eigenvalue weighted by molar-refractivity contribution is 0.0953. The third kappa shape index (κ3) is 4.43. The van der Waals surface area contributed by atoms with Gasteiger partial charge in [-0.25, -0.2) is 5.43 Å². The molecule has 0 saturated carbocycles. The summed E-state index contributed by atoms with van der Waals surface area (Å²) in [6.45, 7) is 1.88. The molecule has 0 spiro atoms. The largest absolute Gasteiger partial charge is 0.322 e. The van der Waals surface area contributed by atoms with Gasteiger partial charge in [-0.05, 0) is 48.2 Å². The first-order valence-corrected chi connectivity index (χ1v) is 8.85. The Labute approximate surface area is 155 Å². The molecular formula is C20H17N3O2S. The molecule has 0 aliphatic rings. The molecule has 0 unspecified atom stereocenters. The summed E-state index contributed by atoms with van der Waals surface area (Å²) in [6.07, 6.45) is 1.59. The molecule has 0 aliphatic heterocycles. The van der Waals surface area contributed by atoms with E-state index in [1.807, 2.05) is 42.6 Å². The van der Waals surface area contributed by atoms with Gasteiger partial charge < -0.3 is 5.32 Å². The molecule has 0 saturated heterocycles. The molecule has 3 rings (SSSR count). The fourth-order valence-electron chi connectivity index (χ4n) is 2.35. The number of carbonyl (C=O) groups excluding carboxylic acids is 2. The lowest BCUT2D eigenvalue weighted by Gasteiger charge is -2.08. The number of hydrogen-bond donors (Lipinski definition) is 2. The number of hydrazone groups is 1. The second kappa shape index (κ2) is 8.22. The first-order chi connectivity index (χ1) is 12.6. The number of anilines is 1. The van der Waals surface area contributed by atoms with Crippen molar-refractivity contribution in [2.45, 2.75) is 6.92 Å². The smallest absolute Gasteiger partial charge is 0.271 e. The Balaban J connectivity index is 1.67. The minimum atomic E-state index is -0.343. The lowest BCUT2D eigenvalue weighted by atomic mass is 10.1. The van der Waals surface area contributed by atoms with Crippen LogP contribution in [0.4, 0.5) is 5.69 Å². The van der Waals surface area contributed by atoms with Crippen LogP contribution in [0.5, 0.6) is 0 Å². The van der Waals surface area contributed by atoms with Crippen LogP contribution in [0.2, 0.25) is 0 Å². The highest BCUT2D eigenvalue weighted by Gasteiger charge is 2.10. The van der Waals surface area contributed by atoms with Crippen molar-refractivity contribution in [1.82, 2.24) is 5.43 Å². The van der Waals surface area contributed by atoms with Crippen molar-refractivity contribution < 1.29 is 9.59 Å². The number of benzene rings is 2. The van der Waals surface area contributed by atoms with E-state index in [0.717, 1.165) is 10.4 Å². The fraction of sp³-hybridized carbons (Fsp3) is 0.0500. The van der Waals surface area contributed by atoms with Crippen molar-refractivity contribution in [2.75, 3.05) is 5.32 Å². The van der Waals surface area contributed by atoms with Gasteiger partial charge in [0.1, 0.15) is 0 Å². The van der Waals surface area contributed by atoms with Crippen LogP contribution in [0.1, 0.15) is 31.2 Å². The van der Waals surface area contributed by atoms with Crippen molar-refractivity contribution in [3.63, 3.8) is 0 Å². The van der Waals surface area contributed by atoms with Gasteiger partial charge in [-0.1, -0.05) is 30.3 Å². The Morgan fingerprint density at radius 3 is 2.62 bits per heavy atom. The number of nitrogens with zero attached hydrogens (tertiary/aromatic N) is 1. The average molecular weight is 363 g/mol. The van der Waals surface area contributed by atoms with Crippen LogP contribution >= 0.6 is 11.3 Å². The van der Waals surface area contributed by atoms with E-state index >= 15 is 0 Å². The second-order valence-corrected chi connectivity index (χ2v) is 6.54. The first kappa shape index (κ1) is 17.6. The monoisotopic (exact) mass is 363 g/mol. The Bertz CT molecular complexity index is 949. The van der Waals surface area contributed by atoms with Gasteiger partial charge in [0, 0.05) is 21.7 Å². The molecule has 3 aromatic rings. The molecule has 130 valence electrons. The summed E-state index contributed by atoms with van der Waals surface area (Å²) in [5, 5.41) is 8.69. The van der Waals surface area contributed by atoms with E-state index in [9.17, 15) is 9.59 Å². The van der Waals surface area contributed by atoms with Gasteiger partial charge in [-0.2, -0.15) is 5.10 Å².